The van der Waals surface area contributed by atoms with Crippen LogP contribution in [0.5, 0.6) is 17.2 Å². The number of carboxylic acids is 1. The summed E-state index contributed by atoms with van der Waals surface area (Å²) in [5.41, 5.74) is 10.1. The predicted octanol–water partition coefficient (Wildman–Crippen LogP) is 11.8. The van der Waals surface area contributed by atoms with Crippen LogP contribution < -0.4 is 31.2 Å². The van der Waals surface area contributed by atoms with E-state index < -0.39 is 17.7 Å². The van der Waals surface area contributed by atoms with E-state index in [-0.39, 0.29) is 84.5 Å². The van der Waals surface area contributed by atoms with E-state index in [4.69, 9.17) is 19.9 Å². The number of hydrogen-bond donors (Lipinski definition) is 6. The van der Waals surface area contributed by atoms with Gasteiger partial charge in [0.25, 0.3) is 0 Å². The van der Waals surface area contributed by atoms with Crippen molar-refractivity contribution >= 4 is 36.3 Å². The molecule has 13 nitrogen and oxygen atoms in total. The van der Waals surface area contributed by atoms with Gasteiger partial charge in [-0.15, -0.1) is 12.4 Å². The fourth-order valence-electron chi connectivity index (χ4n) is 18.5. The number of nitrogens with two attached hydrogens (primary N) is 1. The van der Waals surface area contributed by atoms with Crippen LogP contribution in [0.1, 0.15) is 134 Å². The number of rotatable bonds is 15. The second-order valence-corrected chi connectivity index (χ2v) is 27.2. The first-order chi connectivity index (χ1) is 38.8. The van der Waals surface area contributed by atoms with Crippen LogP contribution in [-0.4, -0.2) is 80.1 Å². The summed E-state index contributed by atoms with van der Waals surface area (Å²) in [6.07, 6.45) is 17.4. The first-order valence-electron chi connectivity index (χ1n) is 29.9. The summed E-state index contributed by atoms with van der Waals surface area (Å²) in [5, 5.41) is 27.3. The molecule has 6 unspecified atom stereocenters. The minimum absolute atomic E-state index is 0. The number of nitrogens with one attached hydrogen (secondary N) is 3. The van der Waals surface area contributed by atoms with Gasteiger partial charge < -0.3 is 46.1 Å². The average molecular weight is 1150 g/mol. The van der Waals surface area contributed by atoms with Crippen molar-refractivity contribution in [2.45, 2.75) is 139 Å². The highest BCUT2D eigenvalue weighted by Gasteiger charge is 2.60. The van der Waals surface area contributed by atoms with Crippen molar-refractivity contribution in [3.63, 3.8) is 0 Å². The van der Waals surface area contributed by atoms with Crippen LogP contribution in [0, 0.1) is 71.0 Å². The standard InChI is InChI=1S/C27H37FN2O4.C22H29FN2O2.C17H20O3.ClH/c1-26(2,3)34-25(32)30-15-18(14-28)16-33-22-7-5-21(6-8-22)27-11-17-9-19(12-27)23(24(31)29-4)20(10-17)13-27;1-25-21(26)20-16-6-14-7-17(20)10-22(8-14,9-16)18-2-4-19(5-3-18)27-13-15(11-23)12-24;18-14-3-1-13(2-4-14)17-7-10-5-11(8-17)15(16(19)20)12(6-10)9-17;/h5-8,14,17,19-20,23H,9-13,15-16H2,1-4H3,(H,29,31)(H,30,32);2-5,11,14,16-17,20H,6-10,12-13,24H2,1H3,(H,25,26);1-4,10-12,15,18H,5-9H2,(H,19,20);1H/b18-14+;15-11+;;. The minimum Gasteiger partial charge on any atom is -0.508 e. The lowest BCUT2D eigenvalue weighted by Gasteiger charge is -2.59. The van der Waals surface area contributed by atoms with Gasteiger partial charge in [0.15, 0.2) is 0 Å². The molecule has 12 aliphatic carbocycles. The van der Waals surface area contributed by atoms with Gasteiger partial charge in [0.1, 0.15) is 36.1 Å². The molecule has 15 rings (SSSR count). The summed E-state index contributed by atoms with van der Waals surface area (Å²) >= 11 is 0. The number of hydrogen-bond acceptors (Lipinski definition) is 9. The Morgan fingerprint density at radius 3 is 1.23 bits per heavy atom. The Bertz CT molecular complexity index is 2770. The number of phenols is 1. The van der Waals surface area contributed by atoms with Crippen LogP contribution in [-0.2, 0) is 35.4 Å². The Labute approximate surface area is 489 Å². The number of phenolic OH excluding ortho intramolecular Hbond substituents is 1. The van der Waals surface area contributed by atoms with E-state index in [2.05, 4.69) is 40.2 Å². The van der Waals surface area contributed by atoms with Crippen LogP contribution >= 0.6 is 12.4 Å². The van der Waals surface area contributed by atoms with Gasteiger partial charge in [0.05, 0.1) is 18.6 Å². The van der Waals surface area contributed by atoms with Gasteiger partial charge in [-0.2, -0.15) is 0 Å². The molecule has 0 aromatic heterocycles. The molecule has 12 saturated carbocycles. The van der Waals surface area contributed by atoms with Crippen molar-refractivity contribution in [1.82, 2.24) is 16.0 Å². The Balaban J connectivity index is 0.000000152. The summed E-state index contributed by atoms with van der Waals surface area (Å²) in [5.74, 6) is 6.65. The molecule has 16 heteroatoms. The number of amides is 3. The highest BCUT2D eigenvalue weighted by atomic mass is 35.5. The molecular formula is C66H87ClF2N4O9. The van der Waals surface area contributed by atoms with Gasteiger partial charge in [-0.1, -0.05) is 36.4 Å². The number of carbonyl (C=O) groups is 4. The zero-order valence-electron chi connectivity index (χ0n) is 48.4. The maximum absolute atomic E-state index is 13.3. The summed E-state index contributed by atoms with van der Waals surface area (Å²) in [7, 11) is 3.51. The van der Waals surface area contributed by atoms with Gasteiger partial charge in [-0.25, -0.2) is 13.6 Å². The van der Waals surface area contributed by atoms with Crippen molar-refractivity contribution in [3.05, 3.63) is 113 Å². The molecule has 3 amide bonds. The molecule has 0 heterocycles. The van der Waals surface area contributed by atoms with Crippen molar-refractivity contribution in [2.75, 3.05) is 40.4 Å². The number of carboxylic acid groups (broad SMARTS) is 1. The molecule has 446 valence electrons. The fourth-order valence-corrected chi connectivity index (χ4v) is 18.5. The fraction of sp³-hybridized carbons (Fsp3) is 0.606. The highest BCUT2D eigenvalue weighted by molar-refractivity contribution is 5.85. The van der Waals surface area contributed by atoms with Crippen LogP contribution in [0.15, 0.2) is 96.6 Å². The number of benzene rings is 3. The average Bonchev–Trinajstić information content (AvgIpc) is 3.41. The lowest BCUT2D eigenvalue weighted by atomic mass is 9.44. The molecule has 12 fully saturated rings. The molecule has 82 heavy (non-hydrogen) atoms. The van der Waals surface area contributed by atoms with E-state index in [0.717, 1.165) is 63.0 Å². The summed E-state index contributed by atoms with van der Waals surface area (Å²) in [6.45, 7) is 5.71. The lowest BCUT2D eigenvalue weighted by molar-refractivity contribution is -0.157. The van der Waals surface area contributed by atoms with Crippen LogP contribution in [0.3, 0.4) is 0 Å². The third kappa shape index (κ3) is 12.7. The predicted molar refractivity (Wildman–Crippen MR) is 313 cm³/mol. The quantitative estimate of drug-likeness (QED) is 0.0851. The van der Waals surface area contributed by atoms with E-state index in [1.165, 1.54) is 61.6 Å². The SMILES string of the molecule is CNC(=O)C1C2CC3CC1CC(c1ccc(OC/C(=C/F)CN)cc1)(C3)C2.CNC(=O)C1C2CC3CC1CC(c1ccc(OC/C(=C/F)CNC(=O)OC(C)(C)C)cc1)(C3)C2.Cl.O=C(O)C1C2CC3CC1CC(c1ccc(O)cc1)(C3)C2. The Morgan fingerprint density at radius 2 is 0.915 bits per heavy atom. The van der Waals surface area contributed by atoms with Crippen LogP contribution in [0.25, 0.3) is 0 Å². The molecule has 12 aliphatic rings. The largest absolute Gasteiger partial charge is 0.508 e. The summed E-state index contributed by atoms with van der Waals surface area (Å²) in [4.78, 5) is 48.2. The van der Waals surface area contributed by atoms with Crippen molar-refractivity contribution in [3.8, 4) is 17.2 Å². The third-order valence-electron chi connectivity index (χ3n) is 20.9. The van der Waals surface area contributed by atoms with Crippen molar-refractivity contribution in [2.24, 2.45) is 76.7 Å². The molecule has 6 atom stereocenters. The lowest BCUT2D eigenvalue weighted by Crippen LogP contribution is -2.56. The molecular weight excluding hydrogens is 1070 g/mol. The number of aliphatic carboxylic acids is 1. The molecule has 0 aliphatic heterocycles. The zero-order valence-corrected chi connectivity index (χ0v) is 49.3. The van der Waals surface area contributed by atoms with Gasteiger partial charge in [-0.3, -0.25) is 14.4 Å². The number of ether oxygens (including phenoxy) is 3. The second-order valence-electron chi connectivity index (χ2n) is 27.2. The molecule has 0 spiro atoms. The molecule has 0 radical (unpaired) electrons. The third-order valence-corrected chi connectivity index (χ3v) is 20.9. The molecule has 7 N–H and O–H groups in total. The van der Waals surface area contributed by atoms with Gasteiger partial charge >= 0.3 is 12.1 Å². The normalized spacial score (nSPS) is 34.0. The van der Waals surface area contributed by atoms with Crippen LogP contribution in [0.2, 0.25) is 0 Å². The van der Waals surface area contributed by atoms with E-state index in [9.17, 15) is 38.2 Å². The number of carbonyl (C=O) groups excluding carboxylic acids is 3. The molecule has 3 aromatic rings. The molecule has 0 saturated heterocycles. The maximum atomic E-state index is 13.3. The summed E-state index contributed by atoms with van der Waals surface area (Å²) in [6, 6.07) is 24.1. The zero-order chi connectivity index (χ0) is 57.4. The maximum Gasteiger partial charge on any atom is 0.407 e. The van der Waals surface area contributed by atoms with Crippen molar-refractivity contribution < 1.29 is 52.4 Å². The molecule has 3 aromatic carbocycles. The molecule has 12 bridgehead atoms. The Morgan fingerprint density at radius 1 is 0.573 bits per heavy atom. The number of aromatic hydroxyl groups is 1. The van der Waals surface area contributed by atoms with Gasteiger partial charge in [0, 0.05) is 50.2 Å². The highest BCUT2D eigenvalue weighted by Crippen LogP contribution is 2.65. The smallest absolute Gasteiger partial charge is 0.407 e. The van der Waals surface area contributed by atoms with E-state index in [1.807, 2.05) is 36.4 Å². The minimum atomic E-state index is -0.609. The van der Waals surface area contributed by atoms with Gasteiger partial charge in [-0.05, 0) is 240 Å². The monoisotopic (exact) mass is 1150 g/mol. The number of alkyl carbamates (subject to hydrolysis) is 1. The van der Waals surface area contributed by atoms with Crippen molar-refractivity contribution in [1.29, 1.82) is 0 Å². The summed E-state index contributed by atoms with van der Waals surface area (Å²) < 4.78 is 42.5. The van der Waals surface area contributed by atoms with E-state index in [1.54, 1.807) is 47.0 Å². The number of halogens is 3. The first kappa shape index (κ1) is 60.9. The van der Waals surface area contributed by atoms with E-state index in [0.29, 0.717) is 82.6 Å². The second kappa shape index (κ2) is 24.9. The van der Waals surface area contributed by atoms with Crippen LogP contribution in [0.4, 0.5) is 13.6 Å². The van der Waals surface area contributed by atoms with Gasteiger partial charge in [0.2, 0.25) is 11.8 Å². The Kier molecular flexibility index (Phi) is 18.5. The first-order valence-corrected chi connectivity index (χ1v) is 29.9. The topological polar surface area (TPSA) is 199 Å². The van der Waals surface area contributed by atoms with E-state index >= 15 is 0 Å². The Hall–Kier alpha value is -5.67.